The van der Waals surface area contributed by atoms with Gasteiger partial charge in [0.05, 0.1) is 0 Å². The van der Waals surface area contributed by atoms with Crippen molar-refractivity contribution in [2.45, 2.75) is 0 Å². The Morgan fingerprint density at radius 3 is 2.08 bits per heavy atom. The van der Waals surface area contributed by atoms with Crippen molar-refractivity contribution in [3.63, 3.8) is 0 Å². The summed E-state index contributed by atoms with van der Waals surface area (Å²) >= 11 is 6.26. The van der Waals surface area contributed by atoms with E-state index in [9.17, 15) is 0 Å². The lowest BCUT2D eigenvalue weighted by molar-refractivity contribution is 0.623. The van der Waals surface area contributed by atoms with E-state index < -0.39 is 0 Å². The summed E-state index contributed by atoms with van der Waals surface area (Å²) in [5.41, 5.74) is 4.24. The second-order valence-electron chi connectivity index (χ2n) is 8.55. The van der Waals surface area contributed by atoms with Crippen LogP contribution in [0.25, 0.3) is 66.9 Å². The van der Waals surface area contributed by atoms with E-state index in [1.807, 2.05) is 78.9 Å². The highest BCUT2D eigenvalue weighted by Gasteiger charge is 2.14. The minimum atomic E-state index is 0.157. The average molecular weight is 485 g/mol. The first-order valence-electron chi connectivity index (χ1n) is 11.5. The van der Waals surface area contributed by atoms with E-state index in [2.05, 4.69) is 39.2 Å². The predicted molar refractivity (Wildman–Crippen MR) is 144 cm³/mol. The summed E-state index contributed by atoms with van der Waals surface area (Å²) < 4.78 is 6.28. The van der Waals surface area contributed by atoms with Crippen molar-refractivity contribution >= 4 is 44.2 Å². The van der Waals surface area contributed by atoms with Gasteiger partial charge in [-0.2, -0.15) is 9.97 Å². The molecular formula is C30H17ClN4O. The van der Waals surface area contributed by atoms with Gasteiger partial charge in [0.15, 0.2) is 17.2 Å². The van der Waals surface area contributed by atoms with E-state index in [0.29, 0.717) is 17.5 Å². The van der Waals surface area contributed by atoms with Crippen LogP contribution < -0.4 is 0 Å². The Labute approximate surface area is 211 Å². The fraction of sp³-hybridized carbons (Fsp3) is 0. The Bertz CT molecular complexity index is 1910. The maximum atomic E-state index is 6.28. The summed E-state index contributed by atoms with van der Waals surface area (Å²) in [6, 6.07) is 34.3. The number of fused-ring (bicyclic) bond motifs is 4. The molecule has 7 rings (SSSR count). The number of halogens is 1. The molecule has 0 radical (unpaired) electrons. The lowest BCUT2D eigenvalue weighted by Gasteiger charge is -2.06. The van der Waals surface area contributed by atoms with Crippen LogP contribution in [0.3, 0.4) is 0 Å². The summed E-state index contributed by atoms with van der Waals surface area (Å²) in [5, 5.41) is 4.46. The van der Waals surface area contributed by atoms with Gasteiger partial charge in [-0.3, -0.25) is 0 Å². The standard InChI is InChI=1S/C30H17ClN4O/c31-30-34-27(19-7-2-1-3-8-19)33-28(35-30)22-12-14-24-21(17-22)13-15-25-26(24)36-29(32-25)23-11-10-18-6-4-5-9-20(18)16-23/h1-17H. The zero-order valence-electron chi connectivity index (χ0n) is 18.9. The monoisotopic (exact) mass is 484 g/mol. The summed E-state index contributed by atoms with van der Waals surface area (Å²) in [7, 11) is 0. The van der Waals surface area contributed by atoms with Crippen LogP contribution in [0.2, 0.25) is 5.28 Å². The summed E-state index contributed by atoms with van der Waals surface area (Å²) in [5.74, 6) is 1.66. The Hall–Kier alpha value is -4.61. The van der Waals surface area contributed by atoms with Crippen molar-refractivity contribution in [1.82, 2.24) is 19.9 Å². The highest BCUT2D eigenvalue weighted by molar-refractivity contribution is 6.28. The zero-order chi connectivity index (χ0) is 24.1. The third-order valence-electron chi connectivity index (χ3n) is 6.27. The molecule has 2 aromatic heterocycles. The molecule has 0 N–H and O–H groups in total. The van der Waals surface area contributed by atoms with Crippen molar-refractivity contribution < 1.29 is 4.42 Å². The van der Waals surface area contributed by atoms with Crippen LogP contribution in [-0.2, 0) is 0 Å². The van der Waals surface area contributed by atoms with E-state index in [1.54, 1.807) is 0 Å². The van der Waals surface area contributed by atoms with Crippen LogP contribution >= 0.6 is 11.6 Å². The van der Waals surface area contributed by atoms with Gasteiger partial charge >= 0.3 is 0 Å². The molecule has 0 atom stereocenters. The van der Waals surface area contributed by atoms with E-state index >= 15 is 0 Å². The fourth-order valence-electron chi connectivity index (χ4n) is 4.49. The van der Waals surface area contributed by atoms with Crippen molar-refractivity contribution in [2.24, 2.45) is 0 Å². The van der Waals surface area contributed by atoms with E-state index in [1.165, 1.54) is 5.39 Å². The summed E-state index contributed by atoms with van der Waals surface area (Å²) in [6.07, 6.45) is 0. The van der Waals surface area contributed by atoms with Crippen LogP contribution in [-0.4, -0.2) is 19.9 Å². The highest BCUT2D eigenvalue weighted by atomic mass is 35.5. The van der Waals surface area contributed by atoms with E-state index in [-0.39, 0.29) is 5.28 Å². The molecule has 5 nitrogen and oxygen atoms in total. The molecular weight excluding hydrogens is 468 g/mol. The number of oxazole rings is 1. The number of nitrogens with zero attached hydrogens (tertiary/aromatic N) is 4. The van der Waals surface area contributed by atoms with Crippen LogP contribution in [0.4, 0.5) is 0 Å². The first kappa shape index (κ1) is 20.7. The van der Waals surface area contributed by atoms with Gasteiger partial charge in [0.25, 0.3) is 0 Å². The molecule has 2 heterocycles. The minimum absolute atomic E-state index is 0.157. The first-order valence-corrected chi connectivity index (χ1v) is 11.9. The summed E-state index contributed by atoms with van der Waals surface area (Å²) in [4.78, 5) is 18.1. The Kier molecular flexibility index (Phi) is 4.76. The fourth-order valence-corrected chi connectivity index (χ4v) is 4.65. The topological polar surface area (TPSA) is 64.7 Å². The lowest BCUT2D eigenvalue weighted by Crippen LogP contribution is -1.97. The van der Waals surface area contributed by atoms with E-state index in [0.717, 1.165) is 43.9 Å². The zero-order valence-corrected chi connectivity index (χ0v) is 19.6. The number of hydrogen-bond donors (Lipinski definition) is 0. The van der Waals surface area contributed by atoms with Crippen molar-refractivity contribution in [3.8, 4) is 34.2 Å². The van der Waals surface area contributed by atoms with Gasteiger partial charge in [0.1, 0.15) is 5.52 Å². The quantitative estimate of drug-likeness (QED) is 0.254. The normalized spacial score (nSPS) is 11.5. The molecule has 0 bridgehead atoms. The molecule has 0 saturated heterocycles. The van der Waals surface area contributed by atoms with Crippen molar-refractivity contribution in [1.29, 1.82) is 0 Å². The van der Waals surface area contributed by atoms with Crippen LogP contribution in [0.5, 0.6) is 0 Å². The van der Waals surface area contributed by atoms with Crippen LogP contribution in [0, 0.1) is 0 Å². The van der Waals surface area contributed by atoms with Gasteiger partial charge < -0.3 is 4.42 Å². The molecule has 0 aliphatic carbocycles. The molecule has 0 spiro atoms. The molecule has 36 heavy (non-hydrogen) atoms. The van der Waals surface area contributed by atoms with E-state index in [4.69, 9.17) is 21.0 Å². The Morgan fingerprint density at radius 2 is 1.22 bits per heavy atom. The second-order valence-corrected chi connectivity index (χ2v) is 8.89. The maximum Gasteiger partial charge on any atom is 0.227 e. The third-order valence-corrected chi connectivity index (χ3v) is 6.43. The number of aromatic nitrogens is 4. The second kappa shape index (κ2) is 8.26. The molecule has 0 aliphatic heterocycles. The molecule has 0 fully saturated rings. The Morgan fingerprint density at radius 1 is 0.528 bits per heavy atom. The molecule has 7 aromatic rings. The van der Waals surface area contributed by atoms with Gasteiger partial charge in [-0.15, -0.1) is 0 Å². The summed E-state index contributed by atoms with van der Waals surface area (Å²) in [6.45, 7) is 0. The smallest absolute Gasteiger partial charge is 0.227 e. The first-order chi connectivity index (χ1) is 17.7. The lowest BCUT2D eigenvalue weighted by atomic mass is 10.1. The van der Waals surface area contributed by atoms with Gasteiger partial charge in [-0.25, -0.2) is 9.97 Å². The molecule has 0 unspecified atom stereocenters. The third kappa shape index (κ3) is 3.58. The number of benzene rings is 5. The largest absolute Gasteiger partial charge is 0.435 e. The predicted octanol–water partition coefficient (Wildman–Crippen LogP) is 7.97. The van der Waals surface area contributed by atoms with Crippen LogP contribution in [0.1, 0.15) is 0 Å². The Balaban J connectivity index is 1.32. The van der Waals surface area contributed by atoms with Crippen molar-refractivity contribution in [3.05, 3.63) is 108 Å². The maximum absolute atomic E-state index is 6.28. The molecule has 5 aromatic carbocycles. The SMILES string of the molecule is Clc1nc(-c2ccccc2)nc(-c2ccc3c(ccc4nc(-c5ccc6ccccc6c5)oc43)c2)n1. The van der Waals surface area contributed by atoms with Gasteiger partial charge in [-0.05, 0) is 58.1 Å². The molecule has 0 aliphatic rings. The minimum Gasteiger partial charge on any atom is -0.435 e. The van der Waals surface area contributed by atoms with Crippen LogP contribution in [0.15, 0.2) is 108 Å². The molecule has 0 saturated carbocycles. The number of hydrogen-bond acceptors (Lipinski definition) is 5. The molecule has 0 amide bonds. The van der Waals surface area contributed by atoms with Gasteiger partial charge in [0.2, 0.25) is 11.2 Å². The molecule has 6 heteroatoms. The number of rotatable bonds is 3. The highest BCUT2D eigenvalue weighted by Crippen LogP contribution is 2.33. The van der Waals surface area contributed by atoms with Gasteiger partial charge in [0, 0.05) is 22.1 Å². The average Bonchev–Trinajstić information content (AvgIpc) is 3.38. The van der Waals surface area contributed by atoms with Crippen molar-refractivity contribution in [2.75, 3.05) is 0 Å². The van der Waals surface area contributed by atoms with Gasteiger partial charge in [-0.1, -0.05) is 72.8 Å². The molecule has 170 valence electrons.